The van der Waals surface area contributed by atoms with Crippen LogP contribution in [0.4, 0.5) is 10.1 Å². The number of hydrogen-bond acceptors (Lipinski definition) is 6. The van der Waals surface area contributed by atoms with Crippen molar-refractivity contribution in [3.8, 4) is 16.9 Å². The van der Waals surface area contributed by atoms with Crippen LogP contribution in [-0.2, 0) is 11.3 Å². The summed E-state index contributed by atoms with van der Waals surface area (Å²) in [6, 6.07) is 16.3. The third-order valence-corrected chi connectivity index (χ3v) is 4.31. The van der Waals surface area contributed by atoms with Crippen LogP contribution in [0, 0.1) is 12.7 Å². The Hall–Kier alpha value is -4.21. The van der Waals surface area contributed by atoms with Gasteiger partial charge in [0.15, 0.2) is 5.82 Å². The van der Waals surface area contributed by atoms with Gasteiger partial charge in [0.25, 0.3) is 5.56 Å². The Balaban J connectivity index is 1.55. The van der Waals surface area contributed by atoms with Crippen LogP contribution in [0.2, 0.25) is 0 Å². The molecule has 30 heavy (non-hydrogen) atoms. The Bertz CT molecular complexity index is 1270. The van der Waals surface area contributed by atoms with E-state index in [9.17, 15) is 14.0 Å². The fourth-order valence-corrected chi connectivity index (χ4v) is 2.87. The zero-order valence-electron chi connectivity index (χ0n) is 15.9. The molecule has 1 amide bonds. The van der Waals surface area contributed by atoms with Gasteiger partial charge in [0.1, 0.15) is 18.0 Å². The Labute approximate surface area is 169 Å². The monoisotopic (exact) mass is 405 g/mol. The molecule has 0 radical (unpaired) electrons. The predicted molar refractivity (Wildman–Crippen MR) is 106 cm³/mol. The molecule has 0 atom stereocenters. The van der Waals surface area contributed by atoms with E-state index in [1.807, 2.05) is 30.3 Å². The maximum atomic E-state index is 14.2. The summed E-state index contributed by atoms with van der Waals surface area (Å²) in [4.78, 5) is 24.6. The molecule has 10 heteroatoms. The lowest BCUT2D eigenvalue weighted by Gasteiger charge is -2.10. The number of nitrogens with zero attached hydrogens (tertiary/aromatic N) is 6. The zero-order valence-corrected chi connectivity index (χ0v) is 15.9. The molecular formula is C20H16FN7O2. The predicted octanol–water partition coefficient (Wildman–Crippen LogP) is 1.97. The summed E-state index contributed by atoms with van der Waals surface area (Å²) in [5.41, 5.74) is 1.41. The minimum Gasteiger partial charge on any atom is -0.324 e. The number of nitrogens with one attached hydrogen (secondary N) is 1. The second-order valence-corrected chi connectivity index (χ2v) is 6.43. The number of hydrogen-bond donors (Lipinski definition) is 1. The van der Waals surface area contributed by atoms with E-state index in [0.29, 0.717) is 17.2 Å². The fourth-order valence-electron chi connectivity index (χ4n) is 2.87. The smallest absolute Gasteiger partial charge is 0.267 e. The van der Waals surface area contributed by atoms with Gasteiger partial charge in [0.05, 0.1) is 5.69 Å². The van der Waals surface area contributed by atoms with Gasteiger partial charge in [-0.25, -0.2) is 9.07 Å². The van der Waals surface area contributed by atoms with E-state index >= 15 is 0 Å². The number of anilines is 1. The minimum atomic E-state index is -0.545. The second-order valence-electron chi connectivity index (χ2n) is 6.43. The summed E-state index contributed by atoms with van der Waals surface area (Å²) < 4.78 is 16.5. The van der Waals surface area contributed by atoms with E-state index in [2.05, 4.69) is 25.9 Å². The molecular weight excluding hydrogens is 389 g/mol. The Kier molecular flexibility index (Phi) is 5.12. The van der Waals surface area contributed by atoms with Crippen molar-refractivity contribution in [1.29, 1.82) is 0 Å². The average molecular weight is 405 g/mol. The van der Waals surface area contributed by atoms with Crippen LogP contribution in [0.1, 0.15) is 5.82 Å². The highest BCUT2D eigenvalue weighted by atomic mass is 19.1. The lowest BCUT2D eigenvalue weighted by molar-refractivity contribution is -0.117. The van der Waals surface area contributed by atoms with Crippen molar-refractivity contribution in [2.45, 2.75) is 13.5 Å². The minimum absolute atomic E-state index is 0.0941. The molecule has 2 aromatic carbocycles. The summed E-state index contributed by atoms with van der Waals surface area (Å²) in [5, 5.41) is 17.8. The number of aromatic nitrogens is 6. The van der Waals surface area contributed by atoms with Crippen LogP contribution >= 0.6 is 0 Å². The lowest BCUT2D eigenvalue weighted by atomic mass is 10.1. The zero-order chi connectivity index (χ0) is 21.1. The van der Waals surface area contributed by atoms with Gasteiger partial charge in [0, 0.05) is 17.3 Å². The van der Waals surface area contributed by atoms with E-state index in [0.717, 1.165) is 10.2 Å². The molecule has 0 saturated heterocycles. The van der Waals surface area contributed by atoms with Crippen molar-refractivity contribution >= 4 is 11.6 Å². The number of halogens is 1. The Morgan fingerprint density at radius 3 is 2.63 bits per heavy atom. The highest BCUT2D eigenvalue weighted by molar-refractivity contribution is 5.90. The maximum Gasteiger partial charge on any atom is 0.267 e. The third kappa shape index (κ3) is 3.97. The molecule has 0 aliphatic carbocycles. The van der Waals surface area contributed by atoms with Gasteiger partial charge in [-0.05, 0) is 41.6 Å². The molecule has 0 fully saturated rings. The van der Waals surface area contributed by atoms with E-state index in [4.69, 9.17) is 0 Å². The third-order valence-electron chi connectivity index (χ3n) is 4.31. The molecule has 0 unspecified atom stereocenters. The van der Waals surface area contributed by atoms with Crippen molar-refractivity contribution in [1.82, 2.24) is 30.0 Å². The molecule has 0 saturated carbocycles. The standard InChI is InChI=1S/C20H16FN7O2/c1-13-23-25-26-28(13)18-11-15(7-8-16(18)21)22-19(29)12-27-20(30)10-9-17(24-27)14-5-3-2-4-6-14/h2-11H,12H2,1H3,(H,22,29). The van der Waals surface area contributed by atoms with Crippen LogP contribution in [0.3, 0.4) is 0 Å². The molecule has 0 spiro atoms. The maximum absolute atomic E-state index is 14.2. The Morgan fingerprint density at radius 1 is 1.10 bits per heavy atom. The van der Waals surface area contributed by atoms with Gasteiger partial charge in [-0.3, -0.25) is 9.59 Å². The first-order valence-electron chi connectivity index (χ1n) is 8.99. The number of tetrazole rings is 1. The van der Waals surface area contributed by atoms with E-state index < -0.39 is 17.3 Å². The molecule has 4 rings (SSSR count). The first-order valence-corrected chi connectivity index (χ1v) is 8.99. The molecule has 4 aromatic rings. The normalized spacial score (nSPS) is 10.7. The molecule has 2 heterocycles. The van der Waals surface area contributed by atoms with Gasteiger partial charge in [0.2, 0.25) is 5.91 Å². The molecule has 0 aliphatic heterocycles. The Morgan fingerprint density at radius 2 is 1.90 bits per heavy atom. The number of carbonyl (C=O) groups is 1. The topological polar surface area (TPSA) is 108 Å². The number of carbonyl (C=O) groups excluding carboxylic acids is 1. The molecule has 150 valence electrons. The molecule has 0 bridgehead atoms. The van der Waals surface area contributed by atoms with Crippen LogP contribution in [0.15, 0.2) is 65.5 Å². The van der Waals surface area contributed by atoms with Crippen molar-refractivity contribution in [2.75, 3.05) is 5.32 Å². The van der Waals surface area contributed by atoms with E-state index in [1.165, 1.54) is 28.9 Å². The number of amides is 1. The number of aryl methyl sites for hydroxylation is 1. The average Bonchev–Trinajstić information content (AvgIpc) is 3.17. The first kappa shape index (κ1) is 19.1. The van der Waals surface area contributed by atoms with Crippen LogP contribution in [0.5, 0.6) is 0 Å². The summed E-state index contributed by atoms with van der Waals surface area (Å²) >= 11 is 0. The summed E-state index contributed by atoms with van der Waals surface area (Å²) in [6.45, 7) is 1.33. The highest BCUT2D eigenvalue weighted by Crippen LogP contribution is 2.19. The van der Waals surface area contributed by atoms with E-state index in [1.54, 1.807) is 13.0 Å². The van der Waals surface area contributed by atoms with Crippen LogP contribution in [0.25, 0.3) is 16.9 Å². The SMILES string of the molecule is Cc1nnnn1-c1cc(NC(=O)Cn2nc(-c3ccccc3)ccc2=O)ccc1F. The lowest BCUT2D eigenvalue weighted by Crippen LogP contribution is -2.29. The highest BCUT2D eigenvalue weighted by Gasteiger charge is 2.13. The quantitative estimate of drug-likeness (QED) is 0.544. The summed E-state index contributed by atoms with van der Waals surface area (Å²) in [5.74, 6) is -0.636. The van der Waals surface area contributed by atoms with Crippen molar-refractivity contribution in [3.05, 3.63) is 82.7 Å². The first-order chi connectivity index (χ1) is 14.5. The second kappa shape index (κ2) is 8.03. The molecule has 0 aliphatic rings. The van der Waals surface area contributed by atoms with Gasteiger partial charge in [-0.2, -0.15) is 9.78 Å². The van der Waals surface area contributed by atoms with Crippen LogP contribution in [-0.4, -0.2) is 35.9 Å². The van der Waals surface area contributed by atoms with Gasteiger partial charge in [-0.15, -0.1) is 5.10 Å². The summed E-state index contributed by atoms with van der Waals surface area (Å²) in [6.07, 6.45) is 0. The van der Waals surface area contributed by atoms with Gasteiger partial charge in [-0.1, -0.05) is 30.3 Å². The van der Waals surface area contributed by atoms with Gasteiger partial charge < -0.3 is 5.32 Å². The van der Waals surface area contributed by atoms with Crippen molar-refractivity contribution in [2.24, 2.45) is 0 Å². The molecule has 1 N–H and O–H groups in total. The molecule has 9 nitrogen and oxygen atoms in total. The number of rotatable bonds is 5. The molecule has 2 aromatic heterocycles. The van der Waals surface area contributed by atoms with E-state index in [-0.39, 0.29) is 12.2 Å². The van der Waals surface area contributed by atoms with Crippen molar-refractivity contribution in [3.63, 3.8) is 0 Å². The fraction of sp³-hybridized carbons (Fsp3) is 0.100. The number of benzene rings is 2. The van der Waals surface area contributed by atoms with Crippen LogP contribution < -0.4 is 10.9 Å². The largest absolute Gasteiger partial charge is 0.324 e. The van der Waals surface area contributed by atoms with Gasteiger partial charge >= 0.3 is 0 Å². The summed E-state index contributed by atoms with van der Waals surface area (Å²) in [7, 11) is 0. The van der Waals surface area contributed by atoms with Crippen molar-refractivity contribution < 1.29 is 9.18 Å².